The quantitative estimate of drug-likeness (QED) is 0.786. The lowest BCUT2D eigenvalue weighted by Crippen LogP contribution is -2.45. The first-order valence-electron chi connectivity index (χ1n) is 9.25. The molecule has 2 fully saturated rings. The SMILES string of the molecule is Cc1ccccc1-c1nnc(SCC(=O)NC2CCN(C3CC3)CC2)o1. The van der Waals surface area contributed by atoms with Crippen LogP contribution in [0.4, 0.5) is 0 Å². The molecule has 0 unspecified atom stereocenters. The van der Waals surface area contributed by atoms with Crippen LogP contribution in [-0.2, 0) is 4.79 Å². The molecule has 2 heterocycles. The van der Waals surface area contributed by atoms with Gasteiger partial charge in [-0.1, -0.05) is 30.0 Å². The van der Waals surface area contributed by atoms with Crippen LogP contribution in [0, 0.1) is 6.92 Å². The molecule has 2 aromatic rings. The lowest BCUT2D eigenvalue weighted by atomic mass is 10.1. The topological polar surface area (TPSA) is 71.3 Å². The third kappa shape index (κ3) is 4.27. The van der Waals surface area contributed by atoms with Gasteiger partial charge < -0.3 is 14.6 Å². The van der Waals surface area contributed by atoms with E-state index in [2.05, 4.69) is 20.4 Å². The van der Waals surface area contributed by atoms with E-state index in [1.807, 2.05) is 31.2 Å². The molecule has 1 N–H and O–H groups in total. The Hall–Kier alpha value is -1.86. The van der Waals surface area contributed by atoms with Gasteiger partial charge >= 0.3 is 0 Å². The van der Waals surface area contributed by atoms with E-state index in [1.165, 1.54) is 24.6 Å². The van der Waals surface area contributed by atoms with Crippen molar-refractivity contribution < 1.29 is 9.21 Å². The Morgan fingerprint density at radius 3 is 2.73 bits per heavy atom. The number of carbonyl (C=O) groups excluding carboxylic acids is 1. The summed E-state index contributed by atoms with van der Waals surface area (Å²) in [6.07, 6.45) is 4.79. The zero-order chi connectivity index (χ0) is 17.9. The third-order valence-electron chi connectivity index (χ3n) is 5.07. The molecule has 1 aliphatic carbocycles. The maximum Gasteiger partial charge on any atom is 0.277 e. The van der Waals surface area contributed by atoms with Gasteiger partial charge in [-0.2, -0.15) is 0 Å². The first kappa shape index (κ1) is 17.5. The molecular weight excluding hydrogens is 348 g/mol. The van der Waals surface area contributed by atoms with Gasteiger partial charge in [-0.3, -0.25) is 4.79 Å². The van der Waals surface area contributed by atoms with Gasteiger partial charge in [-0.25, -0.2) is 0 Å². The summed E-state index contributed by atoms with van der Waals surface area (Å²) in [7, 11) is 0. The van der Waals surface area contributed by atoms with Crippen molar-refractivity contribution >= 4 is 17.7 Å². The number of thioether (sulfide) groups is 1. The molecular formula is C19H24N4O2S. The van der Waals surface area contributed by atoms with Crippen LogP contribution in [0.3, 0.4) is 0 Å². The highest BCUT2D eigenvalue weighted by Crippen LogP contribution is 2.29. The number of likely N-dealkylation sites (tertiary alicyclic amines) is 1. The Bertz CT molecular complexity index is 766. The molecule has 1 aliphatic heterocycles. The van der Waals surface area contributed by atoms with Crippen LogP contribution in [0.5, 0.6) is 0 Å². The lowest BCUT2D eigenvalue weighted by molar-refractivity contribution is -0.119. The fraction of sp³-hybridized carbons (Fsp3) is 0.526. The number of hydrogen-bond donors (Lipinski definition) is 1. The number of piperidine rings is 1. The molecule has 0 spiro atoms. The highest BCUT2D eigenvalue weighted by atomic mass is 32.2. The van der Waals surface area contributed by atoms with Crippen molar-refractivity contribution in [3.63, 3.8) is 0 Å². The molecule has 1 saturated heterocycles. The van der Waals surface area contributed by atoms with Gasteiger partial charge in [-0.15, -0.1) is 10.2 Å². The minimum absolute atomic E-state index is 0.0375. The van der Waals surface area contributed by atoms with Crippen LogP contribution in [0.25, 0.3) is 11.5 Å². The number of amides is 1. The van der Waals surface area contributed by atoms with E-state index in [1.54, 1.807) is 0 Å². The molecule has 26 heavy (non-hydrogen) atoms. The van der Waals surface area contributed by atoms with E-state index in [0.29, 0.717) is 22.9 Å². The summed E-state index contributed by atoms with van der Waals surface area (Å²) in [5.74, 6) is 0.840. The fourth-order valence-electron chi connectivity index (χ4n) is 3.44. The maximum absolute atomic E-state index is 12.2. The van der Waals surface area contributed by atoms with Crippen LogP contribution in [-0.4, -0.2) is 51.9 Å². The molecule has 1 saturated carbocycles. The van der Waals surface area contributed by atoms with Gasteiger partial charge in [0.2, 0.25) is 11.8 Å². The highest BCUT2D eigenvalue weighted by molar-refractivity contribution is 7.99. The summed E-state index contributed by atoms with van der Waals surface area (Å²) in [4.78, 5) is 14.8. The van der Waals surface area contributed by atoms with Gasteiger partial charge in [0, 0.05) is 30.7 Å². The molecule has 0 bridgehead atoms. The minimum atomic E-state index is 0.0375. The summed E-state index contributed by atoms with van der Waals surface area (Å²) in [6.45, 7) is 4.22. The van der Waals surface area contributed by atoms with Gasteiger partial charge in [0.15, 0.2) is 0 Å². The second kappa shape index (κ2) is 7.80. The number of hydrogen-bond acceptors (Lipinski definition) is 6. The van der Waals surface area contributed by atoms with Crippen LogP contribution in [0.15, 0.2) is 33.9 Å². The average molecular weight is 372 g/mol. The van der Waals surface area contributed by atoms with E-state index < -0.39 is 0 Å². The smallest absolute Gasteiger partial charge is 0.277 e. The van der Waals surface area contributed by atoms with Crippen molar-refractivity contribution in [2.75, 3.05) is 18.8 Å². The first-order chi connectivity index (χ1) is 12.7. The summed E-state index contributed by atoms with van der Waals surface area (Å²) < 4.78 is 5.69. The Balaban J connectivity index is 1.24. The highest BCUT2D eigenvalue weighted by Gasteiger charge is 2.32. The van der Waals surface area contributed by atoms with Crippen LogP contribution < -0.4 is 5.32 Å². The van der Waals surface area contributed by atoms with E-state index >= 15 is 0 Å². The van der Waals surface area contributed by atoms with Crippen LogP contribution >= 0.6 is 11.8 Å². The molecule has 138 valence electrons. The van der Waals surface area contributed by atoms with Gasteiger partial charge in [0.05, 0.1) is 5.75 Å². The lowest BCUT2D eigenvalue weighted by Gasteiger charge is -2.32. The average Bonchev–Trinajstić information content (AvgIpc) is 3.39. The summed E-state index contributed by atoms with van der Waals surface area (Å²) in [5.41, 5.74) is 2.02. The predicted octanol–water partition coefficient (Wildman–Crippen LogP) is 2.88. The first-order valence-corrected chi connectivity index (χ1v) is 10.2. The van der Waals surface area contributed by atoms with Crippen LogP contribution in [0.1, 0.15) is 31.2 Å². The van der Waals surface area contributed by atoms with Gasteiger partial charge in [0.1, 0.15) is 0 Å². The number of benzene rings is 1. The van der Waals surface area contributed by atoms with E-state index in [0.717, 1.165) is 43.1 Å². The fourth-order valence-corrected chi connectivity index (χ4v) is 4.01. The Kier molecular flexibility index (Phi) is 5.26. The Morgan fingerprint density at radius 2 is 2.00 bits per heavy atom. The van der Waals surface area contributed by atoms with E-state index in [9.17, 15) is 4.79 Å². The molecule has 2 aliphatic rings. The van der Waals surface area contributed by atoms with Crippen molar-refractivity contribution in [2.24, 2.45) is 0 Å². The molecule has 0 atom stereocenters. The molecule has 0 radical (unpaired) electrons. The standard InChI is InChI=1S/C19H24N4O2S/c1-13-4-2-3-5-16(13)18-21-22-19(25-18)26-12-17(24)20-14-8-10-23(11-9-14)15-6-7-15/h2-5,14-15H,6-12H2,1H3,(H,20,24). The van der Waals surface area contributed by atoms with Crippen molar-refractivity contribution in [3.8, 4) is 11.5 Å². The number of aromatic nitrogens is 2. The summed E-state index contributed by atoms with van der Waals surface area (Å²) in [6, 6.07) is 9.00. The number of nitrogens with one attached hydrogen (secondary N) is 1. The Morgan fingerprint density at radius 1 is 1.23 bits per heavy atom. The van der Waals surface area contributed by atoms with E-state index in [-0.39, 0.29) is 5.91 Å². The molecule has 7 heteroatoms. The third-order valence-corrected chi connectivity index (χ3v) is 5.89. The second-order valence-corrected chi connectivity index (χ2v) is 8.01. The van der Waals surface area contributed by atoms with Crippen molar-refractivity contribution in [1.29, 1.82) is 0 Å². The monoisotopic (exact) mass is 372 g/mol. The van der Waals surface area contributed by atoms with E-state index in [4.69, 9.17) is 4.42 Å². The number of aryl methyl sites for hydroxylation is 1. The van der Waals surface area contributed by atoms with Crippen molar-refractivity contribution in [2.45, 2.75) is 49.9 Å². The maximum atomic E-state index is 12.2. The molecule has 1 aromatic heterocycles. The molecule has 6 nitrogen and oxygen atoms in total. The zero-order valence-corrected chi connectivity index (χ0v) is 15.8. The molecule has 4 rings (SSSR count). The number of carbonyl (C=O) groups is 1. The van der Waals surface area contributed by atoms with Gasteiger partial charge in [0.25, 0.3) is 5.22 Å². The molecule has 1 amide bonds. The predicted molar refractivity (Wildman–Crippen MR) is 101 cm³/mol. The summed E-state index contributed by atoms with van der Waals surface area (Å²) in [5, 5.41) is 11.7. The summed E-state index contributed by atoms with van der Waals surface area (Å²) >= 11 is 1.29. The van der Waals surface area contributed by atoms with Crippen molar-refractivity contribution in [1.82, 2.24) is 20.4 Å². The van der Waals surface area contributed by atoms with Crippen molar-refractivity contribution in [3.05, 3.63) is 29.8 Å². The largest absolute Gasteiger partial charge is 0.411 e. The normalized spacial score (nSPS) is 18.8. The molecule has 1 aromatic carbocycles. The number of rotatable bonds is 6. The second-order valence-electron chi connectivity index (χ2n) is 7.09. The number of nitrogens with zero attached hydrogens (tertiary/aromatic N) is 3. The minimum Gasteiger partial charge on any atom is -0.411 e. The van der Waals surface area contributed by atoms with Crippen LogP contribution in [0.2, 0.25) is 0 Å². The zero-order valence-electron chi connectivity index (χ0n) is 15.0. The van der Waals surface area contributed by atoms with Gasteiger partial charge in [-0.05, 0) is 44.2 Å². The Labute approximate surface area is 157 Å².